The molecule has 1 aliphatic heterocycles. The molecule has 0 saturated carbocycles. The number of hydrogen-bond donors (Lipinski definition) is 0. The smallest absolute Gasteiger partial charge is 0.197 e. The minimum absolute atomic E-state index is 0.0196. The molecular weight excluding hydrogens is 216 g/mol. The number of benzene rings is 1. The van der Waals surface area contributed by atoms with Gasteiger partial charge < -0.3 is 9.47 Å². The van der Waals surface area contributed by atoms with Gasteiger partial charge in [-0.3, -0.25) is 4.79 Å². The number of methoxy groups -OCH3 is 1. The van der Waals surface area contributed by atoms with Crippen molar-refractivity contribution in [2.24, 2.45) is 0 Å². The van der Waals surface area contributed by atoms with E-state index in [1.165, 1.54) is 0 Å². The van der Waals surface area contributed by atoms with Gasteiger partial charge in [-0.05, 0) is 23.1 Å². The molecule has 1 aromatic rings. The second kappa shape index (κ2) is 4.15. The van der Waals surface area contributed by atoms with Crippen LogP contribution in [0.1, 0.15) is 36.7 Å². The minimum Gasteiger partial charge on any atom is -0.496 e. The van der Waals surface area contributed by atoms with Crippen LogP contribution < -0.4 is 4.74 Å². The first kappa shape index (κ1) is 12.1. The summed E-state index contributed by atoms with van der Waals surface area (Å²) in [4.78, 5) is 12.1. The molecule has 0 aromatic heterocycles. The fourth-order valence-electron chi connectivity index (χ4n) is 1.74. The summed E-state index contributed by atoms with van der Waals surface area (Å²) in [7, 11) is 1.58. The number of Topliss-reactive ketones (excluding diaryl/α,β-unsaturated/α-hetero) is 1. The topological polar surface area (TPSA) is 38.8 Å². The second-order valence-corrected chi connectivity index (χ2v) is 5.35. The molecule has 0 bridgehead atoms. The van der Waals surface area contributed by atoms with Crippen LogP contribution in [0, 0.1) is 0 Å². The van der Waals surface area contributed by atoms with Crippen molar-refractivity contribution in [3.8, 4) is 5.75 Å². The SMILES string of the molecule is COc1ccc(C(C)(C)C)cc1C(=O)C1CO1. The minimum atomic E-state index is -0.265. The fraction of sp³-hybridized carbons (Fsp3) is 0.500. The van der Waals surface area contributed by atoms with Crippen LogP contribution in [0.25, 0.3) is 0 Å². The van der Waals surface area contributed by atoms with Gasteiger partial charge in [0.2, 0.25) is 0 Å². The maximum absolute atomic E-state index is 12.1. The Morgan fingerprint density at radius 2 is 2.06 bits per heavy atom. The number of epoxide rings is 1. The Balaban J connectivity index is 2.42. The van der Waals surface area contributed by atoms with Crippen LogP contribution in [-0.4, -0.2) is 25.6 Å². The van der Waals surface area contributed by atoms with Crippen LogP contribution in [0.4, 0.5) is 0 Å². The summed E-state index contributed by atoms with van der Waals surface area (Å²) in [6.45, 7) is 6.89. The molecule has 0 amide bonds. The van der Waals surface area contributed by atoms with Crippen LogP contribution >= 0.6 is 0 Å². The van der Waals surface area contributed by atoms with E-state index < -0.39 is 0 Å². The molecule has 1 aromatic carbocycles. The van der Waals surface area contributed by atoms with E-state index in [-0.39, 0.29) is 17.3 Å². The van der Waals surface area contributed by atoms with Crippen LogP contribution in [-0.2, 0) is 10.2 Å². The van der Waals surface area contributed by atoms with Crippen molar-refractivity contribution in [3.05, 3.63) is 29.3 Å². The first-order chi connectivity index (χ1) is 7.93. The largest absolute Gasteiger partial charge is 0.496 e. The van der Waals surface area contributed by atoms with E-state index in [2.05, 4.69) is 20.8 Å². The Hall–Kier alpha value is -1.35. The number of ketones is 1. The molecule has 1 atom stereocenters. The molecule has 0 radical (unpaired) electrons. The summed E-state index contributed by atoms with van der Waals surface area (Å²) >= 11 is 0. The van der Waals surface area contributed by atoms with Gasteiger partial charge in [0.1, 0.15) is 11.9 Å². The van der Waals surface area contributed by atoms with Crippen molar-refractivity contribution in [2.75, 3.05) is 13.7 Å². The van der Waals surface area contributed by atoms with Gasteiger partial charge in [0.15, 0.2) is 5.78 Å². The first-order valence-corrected chi connectivity index (χ1v) is 5.78. The average molecular weight is 234 g/mol. The number of rotatable bonds is 3. The Morgan fingerprint density at radius 1 is 1.41 bits per heavy atom. The highest BCUT2D eigenvalue weighted by Gasteiger charge is 2.34. The summed E-state index contributed by atoms with van der Waals surface area (Å²) in [5.74, 6) is 0.645. The van der Waals surface area contributed by atoms with Gasteiger partial charge in [-0.15, -0.1) is 0 Å². The summed E-state index contributed by atoms with van der Waals surface area (Å²) in [5, 5.41) is 0. The lowest BCUT2D eigenvalue weighted by Gasteiger charge is -2.20. The number of hydrogen-bond acceptors (Lipinski definition) is 3. The summed E-state index contributed by atoms with van der Waals surface area (Å²) < 4.78 is 10.3. The van der Waals surface area contributed by atoms with Gasteiger partial charge in [-0.25, -0.2) is 0 Å². The molecule has 92 valence electrons. The van der Waals surface area contributed by atoms with Gasteiger partial charge in [-0.1, -0.05) is 26.8 Å². The van der Waals surface area contributed by atoms with Crippen molar-refractivity contribution in [2.45, 2.75) is 32.3 Å². The third-order valence-electron chi connectivity index (χ3n) is 2.96. The highest BCUT2D eigenvalue weighted by Crippen LogP contribution is 2.30. The molecule has 17 heavy (non-hydrogen) atoms. The number of carbonyl (C=O) groups is 1. The van der Waals surface area contributed by atoms with E-state index in [0.29, 0.717) is 17.9 Å². The highest BCUT2D eigenvalue weighted by atomic mass is 16.6. The zero-order valence-corrected chi connectivity index (χ0v) is 10.7. The maximum atomic E-state index is 12.1. The standard InChI is InChI=1S/C14H18O3/c1-14(2,3)9-5-6-11(16-4)10(7-9)13(15)12-8-17-12/h5-7,12H,8H2,1-4H3. The monoisotopic (exact) mass is 234 g/mol. The molecule has 1 unspecified atom stereocenters. The van der Waals surface area contributed by atoms with E-state index in [9.17, 15) is 4.79 Å². The molecule has 0 spiro atoms. The Morgan fingerprint density at radius 3 is 2.53 bits per heavy atom. The zero-order chi connectivity index (χ0) is 12.6. The molecule has 3 nitrogen and oxygen atoms in total. The summed E-state index contributed by atoms with van der Waals surface area (Å²) in [6.07, 6.45) is -0.265. The molecule has 1 fully saturated rings. The fourth-order valence-corrected chi connectivity index (χ4v) is 1.74. The van der Waals surface area contributed by atoms with Crippen molar-refractivity contribution in [3.63, 3.8) is 0 Å². The van der Waals surface area contributed by atoms with E-state index in [0.717, 1.165) is 5.56 Å². The Kier molecular flexibility index (Phi) is 2.96. The third kappa shape index (κ3) is 2.50. The van der Waals surface area contributed by atoms with Gasteiger partial charge in [-0.2, -0.15) is 0 Å². The van der Waals surface area contributed by atoms with Gasteiger partial charge >= 0.3 is 0 Å². The molecule has 1 saturated heterocycles. The normalized spacial score (nSPS) is 18.9. The Labute approximate surface area is 102 Å². The Bertz CT molecular complexity index is 439. The second-order valence-electron chi connectivity index (χ2n) is 5.35. The first-order valence-electron chi connectivity index (χ1n) is 5.78. The van der Waals surface area contributed by atoms with Crippen molar-refractivity contribution in [1.29, 1.82) is 0 Å². The third-order valence-corrected chi connectivity index (χ3v) is 2.96. The van der Waals surface area contributed by atoms with Gasteiger partial charge in [0.05, 0.1) is 19.3 Å². The molecule has 0 N–H and O–H groups in total. The van der Waals surface area contributed by atoms with Crippen molar-refractivity contribution < 1.29 is 14.3 Å². The van der Waals surface area contributed by atoms with Crippen molar-refractivity contribution in [1.82, 2.24) is 0 Å². The summed E-state index contributed by atoms with van der Waals surface area (Å²) in [5.41, 5.74) is 1.77. The quantitative estimate of drug-likeness (QED) is 0.596. The van der Waals surface area contributed by atoms with Gasteiger partial charge in [0.25, 0.3) is 0 Å². The van der Waals surface area contributed by atoms with Crippen LogP contribution in [0.3, 0.4) is 0 Å². The lowest BCUT2D eigenvalue weighted by molar-refractivity contribution is 0.0950. The van der Waals surface area contributed by atoms with Crippen LogP contribution in [0.5, 0.6) is 5.75 Å². The van der Waals surface area contributed by atoms with E-state index in [1.807, 2.05) is 18.2 Å². The molecule has 1 heterocycles. The average Bonchev–Trinajstić information content (AvgIpc) is 3.09. The van der Waals surface area contributed by atoms with E-state index >= 15 is 0 Å². The predicted octanol–water partition coefficient (Wildman–Crippen LogP) is 2.57. The van der Waals surface area contributed by atoms with Gasteiger partial charge in [0, 0.05) is 0 Å². The lowest BCUT2D eigenvalue weighted by Crippen LogP contribution is -2.15. The van der Waals surface area contributed by atoms with Crippen LogP contribution in [0.15, 0.2) is 18.2 Å². The number of carbonyl (C=O) groups excluding carboxylic acids is 1. The van der Waals surface area contributed by atoms with E-state index in [1.54, 1.807) is 7.11 Å². The maximum Gasteiger partial charge on any atom is 0.197 e. The van der Waals surface area contributed by atoms with Crippen molar-refractivity contribution >= 4 is 5.78 Å². The highest BCUT2D eigenvalue weighted by molar-refractivity contribution is 6.03. The molecule has 1 aliphatic rings. The zero-order valence-electron chi connectivity index (χ0n) is 10.7. The molecule has 0 aliphatic carbocycles. The molecular formula is C14H18O3. The van der Waals surface area contributed by atoms with E-state index in [4.69, 9.17) is 9.47 Å². The van der Waals surface area contributed by atoms with Crippen LogP contribution in [0.2, 0.25) is 0 Å². The number of ether oxygens (including phenoxy) is 2. The predicted molar refractivity (Wildman–Crippen MR) is 65.8 cm³/mol. The molecule has 3 heteroatoms. The molecule has 2 rings (SSSR count). The summed E-state index contributed by atoms with van der Waals surface area (Å²) in [6, 6.07) is 5.78. The lowest BCUT2D eigenvalue weighted by atomic mass is 9.85.